The Balaban J connectivity index is 2.82. The Bertz CT molecular complexity index is 540. The molecule has 0 aromatic heterocycles. The third-order valence-corrected chi connectivity index (χ3v) is 3.27. The number of benzene rings is 2. The van der Waals surface area contributed by atoms with Crippen molar-refractivity contribution in [2.24, 2.45) is 0 Å². The summed E-state index contributed by atoms with van der Waals surface area (Å²) in [4.78, 5) is 0.837. The number of nitrogen functional groups attached to an aromatic ring is 1. The van der Waals surface area contributed by atoms with E-state index in [-0.39, 0.29) is 0 Å². The van der Waals surface area contributed by atoms with Gasteiger partial charge < -0.3 is 15.6 Å². The number of aryl methyl sites for hydroxylation is 1. The fraction of sp³-hybridized carbons (Fsp3) is 0.167. The normalized spacial score (nSPS) is 10.7. The predicted molar refractivity (Wildman–Crippen MR) is 71.1 cm³/mol. The van der Waals surface area contributed by atoms with Crippen LogP contribution in [0.5, 0.6) is 0 Å². The molecule has 0 amide bonds. The maximum absolute atomic E-state index is 9.24. The summed E-state index contributed by atoms with van der Waals surface area (Å²) < 4.78 is 9.24. The number of anilines is 2. The molecule has 0 heterocycles. The fourth-order valence-corrected chi connectivity index (χ4v) is 2.28. The molecule has 0 saturated heterocycles. The minimum absolute atomic E-state index is 0.759. The maximum atomic E-state index is 9.24. The molecule has 16 heavy (non-hydrogen) atoms. The van der Waals surface area contributed by atoms with Gasteiger partial charge in [-0.3, -0.25) is 0 Å². The van der Waals surface area contributed by atoms with E-state index >= 15 is 0 Å². The molecule has 0 aliphatic rings. The summed E-state index contributed by atoms with van der Waals surface area (Å²) in [5.74, 6) is 0. The summed E-state index contributed by atoms with van der Waals surface area (Å²) in [5, 5.41) is 5.03. The Morgan fingerprint density at radius 1 is 1.25 bits per heavy atom. The van der Waals surface area contributed by atoms with Crippen molar-refractivity contribution in [3.63, 3.8) is 0 Å². The summed E-state index contributed by atoms with van der Waals surface area (Å²) in [7, 11) is 1.87. The van der Waals surface area contributed by atoms with Crippen molar-refractivity contribution in [1.82, 2.24) is 0 Å². The third-order valence-electron chi connectivity index (χ3n) is 2.73. The van der Waals surface area contributed by atoms with Gasteiger partial charge in [-0.1, -0.05) is 6.07 Å². The Kier molecular flexibility index (Phi) is 2.94. The highest BCUT2D eigenvalue weighted by atomic mass is 32.2. The van der Waals surface area contributed by atoms with Crippen molar-refractivity contribution >= 4 is 34.2 Å². The molecule has 84 valence electrons. The van der Waals surface area contributed by atoms with Crippen molar-refractivity contribution in [1.29, 1.82) is 0 Å². The zero-order chi connectivity index (χ0) is 11.7. The topological polar surface area (TPSA) is 58.3 Å². The first-order valence-corrected chi connectivity index (χ1v) is 5.76. The zero-order valence-electron chi connectivity index (χ0n) is 9.24. The van der Waals surface area contributed by atoms with E-state index in [0.717, 1.165) is 44.6 Å². The minimum Gasteiger partial charge on any atom is -0.398 e. The lowest BCUT2D eigenvalue weighted by atomic mass is 10.0. The number of hydrogen-bond donors (Lipinski definition) is 3. The molecule has 0 spiro atoms. The van der Waals surface area contributed by atoms with Crippen molar-refractivity contribution in [3.05, 3.63) is 29.8 Å². The predicted octanol–water partition coefficient (Wildman–Crippen LogP) is 3.34. The number of nitrogens with two attached hydrogens (primary N) is 1. The van der Waals surface area contributed by atoms with Gasteiger partial charge in [0.05, 0.1) is 0 Å². The molecule has 0 aliphatic heterocycles. The molecular weight excluding hydrogens is 220 g/mol. The van der Waals surface area contributed by atoms with E-state index in [1.54, 1.807) is 0 Å². The van der Waals surface area contributed by atoms with Crippen LogP contribution in [0.25, 0.3) is 10.8 Å². The van der Waals surface area contributed by atoms with Gasteiger partial charge in [-0.05, 0) is 36.1 Å². The molecule has 3 nitrogen and oxygen atoms in total. The monoisotopic (exact) mass is 234 g/mol. The molecule has 0 aliphatic carbocycles. The van der Waals surface area contributed by atoms with E-state index in [1.165, 1.54) is 0 Å². The van der Waals surface area contributed by atoms with Gasteiger partial charge in [-0.2, -0.15) is 0 Å². The SMILES string of the molecule is CNc1ccc2c(SO)cc(C)c(N)c2c1. The smallest absolute Gasteiger partial charge is 0.0433 e. The van der Waals surface area contributed by atoms with Gasteiger partial charge in [-0.15, -0.1) is 0 Å². The molecule has 4 N–H and O–H groups in total. The van der Waals surface area contributed by atoms with Crippen LogP contribution in [0.1, 0.15) is 5.56 Å². The van der Waals surface area contributed by atoms with E-state index in [9.17, 15) is 4.55 Å². The van der Waals surface area contributed by atoms with Crippen LogP contribution in [0.4, 0.5) is 11.4 Å². The van der Waals surface area contributed by atoms with E-state index in [4.69, 9.17) is 5.73 Å². The molecular formula is C12H14N2OS. The van der Waals surface area contributed by atoms with Gasteiger partial charge in [0.1, 0.15) is 0 Å². The summed E-state index contributed by atoms with van der Waals surface area (Å²) in [5.41, 5.74) is 8.81. The highest BCUT2D eigenvalue weighted by Crippen LogP contribution is 2.34. The number of rotatable bonds is 2. The molecule has 0 bridgehead atoms. The zero-order valence-corrected chi connectivity index (χ0v) is 10.1. The van der Waals surface area contributed by atoms with Crippen molar-refractivity contribution < 1.29 is 4.55 Å². The summed E-state index contributed by atoms with van der Waals surface area (Å²) in [6, 6.07) is 7.84. The van der Waals surface area contributed by atoms with Crippen LogP contribution in [0.2, 0.25) is 0 Å². The maximum Gasteiger partial charge on any atom is 0.0433 e. The molecule has 0 fully saturated rings. The van der Waals surface area contributed by atoms with Crippen LogP contribution < -0.4 is 11.1 Å². The van der Waals surface area contributed by atoms with Gasteiger partial charge in [0, 0.05) is 40.7 Å². The second-order valence-electron chi connectivity index (χ2n) is 3.71. The number of nitrogens with one attached hydrogen (secondary N) is 1. The van der Waals surface area contributed by atoms with E-state index in [2.05, 4.69) is 5.32 Å². The molecule has 0 saturated carbocycles. The summed E-state index contributed by atoms with van der Waals surface area (Å²) in [6.45, 7) is 1.94. The Morgan fingerprint density at radius 2 is 2.00 bits per heavy atom. The lowest BCUT2D eigenvalue weighted by Crippen LogP contribution is -1.94. The second kappa shape index (κ2) is 4.23. The molecule has 0 radical (unpaired) electrons. The average Bonchev–Trinajstić information content (AvgIpc) is 2.33. The lowest BCUT2D eigenvalue weighted by Gasteiger charge is -2.11. The van der Waals surface area contributed by atoms with Crippen LogP contribution >= 0.6 is 12.0 Å². The molecule has 0 unspecified atom stereocenters. The van der Waals surface area contributed by atoms with Crippen LogP contribution in [0.3, 0.4) is 0 Å². The number of fused-ring (bicyclic) bond motifs is 1. The fourth-order valence-electron chi connectivity index (χ4n) is 1.78. The molecule has 2 aromatic rings. The Hall–Kier alpha value is -1.39. The van der Waals surface area contributed by atoms with Crippen LogP contribution in [0, 0.1) is 6.92 Å². The summed E-state index contributed by atoms with van der Waals surface area (Å²) in [6.07, 6.45) is 0. The van der Waals surface area contributed by atoms with Crippen LogP contribution in [-0.4, -0.2) is 11.6 Å². The third kappa shape index (κ3) is 1.70. The van der Waals surface area contributed by atoms with E-state index in [0.29, 0.717) is 0 Å². The first-order chi connectivity index (χ1) is 7.67. The molecule has 0 atom stereocenters. The quantitative estimate of drug-likeness (QED) is 0.551. The summed E-state index contributed by atoms with van der Waals surface area (Å²) >= 11 is 0.759. The molecule has 2 rings (SSSR count). The highest BCUT2D eigenvalue weighted by molar-refractivity contribution is 7.94. The largest absolute Gasteiger partial charge is 0.398 e. The van der Waals surface area contributed by atoms with Gasteiger partial charge >= 0.3 is 0 Å². The second-order valence-corrected chi connectivity index (χ2v) is 4.33. The van der Waals surface area contributed by atoms with Gasteiger partial charge in [-0.25, -0.2) is 0 Å². The van der Waals surface area contributed by atoms with Crippen LogP contribution in [0.15, 0.2) is 29.2 Å². The van der Waals surface area contributed by atoms with E-state index in [1.807, 2.05) is 38.2 Å². The van der Waals surface area contributed by atoms with Gasteiger partial charge in [0.25, 0.3) is 0 Å². The Morgan fingerprint density at radius 3 is 2.62 bits per heavy atom. The van der Waals surface area contributed by atoms with Crippen molar-refractivity contribution in [2.45, 2.75) is 11.8 Å². The molecule has 2 aromatic carbocycles. The Labute approximate surface area is 98.9 Å². The number of hydrogen-bond acceptors (Lipinski definition) is 4. The van der Waals surface area contributed by atoms with Crippen molar-refractivity contribution in [2.75, 3.05) is 18.1 Å². The van der Waals surface area contributed by atoms with Gasteiger partial charge in [0.15, 0.2) is 0 Å². The lowest BCUT2D eigenvalue weighted by molar-refractivity contribution is 0.664. The first-order valence-electron chi connectivity index (χ1n) is 4.99. The standard InChI is InChI=1S/C12H14N2OS/c1-7-5-11(16-15)9-4-3-8(14-2)6-10(9)12(7)13/h3-6,14-15H,13H2,1-2H3. The van der Waals surface area contributed by atoms with Gasteiger partial charge in [0.2, 0.25) is 0 Å². The average molecular weight is 234 g/mol. The highest BCUT2D eigenvalue weighted by Gasteiger charge is 2.08. The minimum atomic E-state index is 0.759. The van der Waals surface area contributed by atoms with Crippen LogP contribution in [-0.2, 0) is 0 Å². The van der Waals surface area contributed by atoms with Crippen molar-refractivity contribution in [3.8, 4) is 0 Å². The first kappa shape index (κ1) is 11.1. The molecule has 4 heteroatoms. The van der Waals surface area contributed by atoms with E-state index < -0.39 is 0 Å².